The molecule has 0 atom stereocenters. The van der Waals surface area contributed by atoms with Crippen molar-refractivity contribution in [2.24, 2.45) is 0 Å². The molecule has 2 aromatic carbocycles. The van der Waals surface area contributed by atoms with Gasteiger partial charge in [0.1, 0.15) is 11.5 Å². The zero-order valence-electron chi connectivity index (χ0n) is 9.98. The monoisotopic (exact) mass is 257 g/mol. The molecule has 0 aliphatic carbocycles. The van der Waals surface area contributed by atoms with Gasteiger partial charge in [-0.2, -0.15) is 5.26 Å². The van der Waals surface area contributed by atoms with Crippen molar-refractivity contribution in [3.8, 4) is 17.6 Å². The van der Waals surface area contributed by atoms with Gasteiger partial charge < -0.3 is 4.74 Å². The lowest BCUT2D eigenvalue weighted by molar-refractivity contribution is 0.477. The highest BCUT2D eigenvalue weighted by Crippen LogP contribution is 2.31. The fraction of sp³-hybridized carbons (Fsp3) is 0.133. The van der Waals surface area contributed by atoms with Gasteiger partial charge in [0.25, 0.3) is 0 Å². The molecule has 0 spiro atoms. The Morgan fingerprint density at radius 2 is 1.94 bits per heavy atom. The van der Waals surface area contributed by atoms with Gasteiger partial charge in [0.2, 0.25) is 0 Å². The first-order valence-electron chi connectivity index (χ1n) is 5.70. The molecule has 0 radical (unpaired) electrons. The first kappa shape index (κ1) is 12.5. The van der Waals surface area contributed by atoms with Crippen molar-refractivity contribution < 1.29 is 4.74 Å². The first-order valence-corrected chi connectivity index (χ1v) is 6.07. The number of ether oxygens (including phenoxy) is 1. The maximum atomic E-state index is 8.78. The SMILES string of the molecule is CCc1ccccc1Oc1ccc(C#N)cc1Cl. The van der Waals surface area contributed by atoms with Crippen LogP contribution in [-0.2, 0) is 6.42 Å². The van der Waals surface area contributed by atoms with E-state index >= 15 is 0 Å². The Hall–Kier alpha value is -1.98. The molecular formula is C15H12ClNO. The minimum Gasteiger partial charge on any atom is -0.456 e. The van der Waals surface area contributed by atoms with Crippen LogP contribution < -0.4 is 4.74 Å². The molecule has 0 aliphatic rings. The van der Waals surface area contributed by atoms with Crippen LogP contribution >= 0.6 is 11.6 Å². The maximum absolute atomic E-state index is 8.78. The number of aryl methyl sites for hydroxylation is 1. The minimum absolute atomic E-state index is 0.444. The number of hydrogen-bond acceptors (Lipinski definition) is 2. The number of benzene rings is 2. The van der Waals surface area contributed by atoms with Gasteiger partial charge in [-0.25, -0.2) is 0 Å². The van der Waals surface area contributed by atoms with E-state index in [1.54, 1.807) is 18.2 Å². The Morgan fingerprint density at radius 1 is 1.17 bits per heavy atom. The molecule has 2 rings (SSSR count). The maximum Gasteiger partial charge on any atom is 0.146 e. The molecular weight excluding hydrogens is 246 g/mol. The lowest BCUT2D eigenvalue weighted by Crippen LogP contribution is -1.91. The van der Waals surface area contributed by atoms with E-state index in [-0.39, 0.29) is 0 Å². The second-order valence-corrected chi connectivity index (χ2v) is 4.23. The third kappa shape index (κ3) is 2.64. The van der Waals surface area contributed by atoms with Crippen LogP contribution in [0.25, 0.3) is 0 Å². The summed E-state index contributed by atoms with van der Waals surface area (Å²) in [5.41, 5.74) is 1.65. The van der Waals surface area contributed by atoms with Crippen LogP contribution in [0.2, 0.25) is 5.02 Å². The van der Waals surface area contributed by atoms with Crippen molar-refractivity contribution in [3.63, 3.8) is 0 Å². The van der Waals surface area contributed by atoms with Crippen molar-refractivity contribution in [3.05, 3.63) is 58.6 Å². The molecule has 0 N–H and O–H groups in total. The second-order valence-electron chi connectivity index (χ2n) is 3.82. The molecule has 2 aromatic rings. The number of nitriles is 1. The molecule has 0 fully saturated rings. The van der Waals surface area contributed by atoms with E-state index in [9.17, 15) is 0 Å². The Labute approximate surface area is 111 Å². The zero-order chi connectivity index (χ0) is 13.0. The Kier molecular flexibility index (Phi) is 3.86. The third-order valence-electron chi connectivity index (χ3n) is 2.63. The summed E-state index contributed by atoms with van der Waals surface area (Å²) >= 11 is 6.08. The number of halogens is 1. The normalized spacial score (nSPS) is 9.83. The Balaban J connectivity index is 2.32. The van der Waals surface area contributed by atoms with Crippen LogP contribution in [0.4, 0.5) is 0 Å². The molecule has 0 aliphatic heterocycles. The molecule has 3 heteroatoms. The standard InChI is InChI=1S/C15H12ClNO/c1-2-12-5-3-4-6-14(12)18-15-8-7-11(10-17)9-13(15)16/h3-9H,2H2,1H3. The lowest BCUT2D eigenvalue weighted by Gasteiger charge is -2.11. The highest BCUT2D eigenvalue weighted by atomic mass is 35.5. The van der Waals surface area contributed by atoms with Crippen molar-refractivity contribution in [2.45, 2.75) is 13.3 Å². The summed E-state index contributed by atoms with van der Waals surface area (Å²) in [6, 6.07) is 14.9. The molecule has 0 unspecified atom stereocenters. The molecule has 0 saturated carbocycles. The van der Waals surface area contributed by atoms with Gasteiger partial charge in [-0.1, -0.05) is 36.7 Å². The van der Waals surface area contributed by atoms with E-state index in [0.717, 1.165) is 17.7 Å². The third-order valence-corrected chi connectivity index (χ3v) is 2.93. The summed E-state index contributed by atoms with van der Waals surface area (Å²) in [6.07, 6.45) is 0.893. The average Bonchev–Trinajstić information content (AvgIpc) is 2.41. The van der Waals surface area contributed by atoms with Crippen molar-refractivity contribution >= 4 is 11.6 Å². The molecule has 0 bridgehead atoms. The quantitative estimate of drug-likeness (QED) is 0.807. The molecule has 90 valence electrons. The predicted molar refractivity (Wildman–Crippen MR) is 72.1 cm³/mol. The summed E-state index contributed by atoms with van der Waals surface area (Å²) in [5.74, 6) is 1.36. The molecule has 0 amide bonds. The molecule has 2 nitrogen and oxygen atoms in total. The molecule has 0 aromatic heterocycles. The Morgan fingerprint density at radius 3 is 2.61 bits per heavy atom. The number of hydrogen-bond donors (Lipinski definition) is 0. The van der Waals surface area contributed by atoms with Crippen LogP contribution in [0.1, 0.15) is 18.1 Å². The van der Waals surface area contributed by atoms with E-state index in [0.29, 0.717) is 16.3 Å². The van der Waals surface area contributed by atoms with Gasteiger partial charge in [0.05, 0.1) is 16.7 Å². The molecule has 18 heavy (non-hydrogen) atoms. The van der Waals surface area contributed by atoms with Crippen LogP contribution in [-0.4, -0.2) is 0 Å². The number of rotatable bonds is 3. The molecule has 0 heterocycles. The smallest absolute Gasteiger partial charge is 0.146 e. The van der Waals surface area contributed by atoms with Gasteiger partial charge in [-0.3, -0.25) is 0 Å². The average molecular weight is 258 g/mol. The van der Waals surface area contributed by atoms with Gasteiger partial charge >= 0.3 is 0 Å². The first-order chi connectivity index (χ1) is 8.74. The summed E-state index contributed by atoms with van der Waals surface area (Å²) in [4.78, 5) is 0. The highest BCUT2D eigenvalue weighted by molar-refractivity contribution is 6.32. The van der Waals surface area contributed by atoms with Crippen molar-refractivity contribution in [2.75, 3.05) is 0 Å². The second kappa shape index (κ2) is 5.57. The van der Waals surface area contributed by atoms with E-state index in [1.165, 1.54) is 0 Å². The summed E-state index contributed by atoms with van der Waals surface area (Å²) in [6.45, 7) is 2.07. The van der Waals surface area contributed by atoms with E-state index in [2.05, 4.69) is 6.92 Å². The number of nitrogens with zero attached hydrogens (tertiary/aromatic N) is 1. The van der Waals surface area contributed by atoms with E-state index in [1.807, 2.05) is 30.3 Å². The lowest BCUT2D eigenvalue weighted by atomic mass is 10.1. The largest absolute Gasteiger partial charge is 0.456 e. The van der Waals surface area contributed by atoms with Gasteiger partial charge in [0, 0.05) is 0 Å². The predicted octanol–water partition coefficient (Wildman–Crippen LogP) is 4.57. The van der Waals surface area contributed by atoms with Gasteiger partial charge in [-0.15, -0.1) is 0 Å². The topological polar surface area (TPSA) is 33.0 Å². The van der Waals surface area contributed by atoms with Crippen LogP contribution in [0, 0.1) is 11.3 Å². The fourth-order valence-corrected chi connectivity index (χ4v) is 1.89. The van der Waals surface area contributed by atoms with Crippen LogP contribution in [0.5, 0.6) is 11.5 Å². The van der Waals surface area contributed by atoms with E-state index in [4.69, 9.17) is 21.6 Å². The summed E-state index contributed by atoms with van der Waals surface area (Å²) in [7, 11) is 0. The van der Waals surface area contributed by atoms with Crippen LogP contribution in [0.3, 0.4) is 0 Å². The minimum atomic E-state index is 0.444. The van der Waals surface area contributed by atoms with Crippen LogP contribution in [0.15, 0.2) is 42.5 Å². The van der Waals surface area contributed by atoms with Crippen molar-refractivity contribution in [1.29, 1.82) is 5.26 Å². The van der Waals surface area contributed by atoms with Gasteiger partial charge in [0.15, 0.2) is 0 Å². The molecule has 0 saturated heterocycles. The highest BCUT2D eigenvalue weighted by Gasteiger charge is 2.07. The fourth-order valence-electron chi connectivity index (χ4n) is 1.67. The van der Waals surface area contributed by atoms with E-state index < -0.39 is 0 Å². The van der Waals surface area contributed by atoms with Gasteiger partial charge in [-0.05, 0) is 36.2 Å². The number of para-hydroxylation sites is 1. The summed E-state index contributed by atoms with van der Waals surface area (Å²) in [5, 5.41) is 9.22. The summed E-state index contributed by atoms with van der Waals surface area (Å²) < 4.78 is 5.79. The Bertz CT molecular complexity index is 602. The zero-order valence-corrected chi connectivity index (χ0v) is 10.7. The van der Waals surface area contributed by atoms with Crippen molar-refractivity contribution in [1.82, 2.24) is 0 Å².